The molecule has 3 fully saturated rings. The number of aliphatic hydroxyl groups is 1. The maximum Gasteiger partial charge on any atom is 0.490 e. The van der Waals surface area contributed by atoms with Gasteiger partial charge in [0.1, 0.15) is 0 Å². The number of halogens is 3. The molecule has 0 aliphatic carbocycles. The van der Waals surface area contributed by atoms with Gasteiger partial charge in [0.15, 0.2) is 0 Å². The third kappa shape index (κ3) is 7.20. The van der Waals surface area contributed by atoms with Crippen molar-refractivity contribution >= 4 is 11.9 Å². The molecule has 7 nitrogen and oxygen atoms in total. The minimum absolute atomic E-state index is 0.184. The molecule has 1 amide bonds. The first-order valence-electron chi connectivity index (χ1n) is 12.6. The number of β-amino-alcohol motifs (C(OH)–C–C–N with tert-alkyl or cyclic N) is 1. The zero-order valence-electron chi connectivity index (χ0n) is 21.0. The summed E-state index contributed by atoms with van der Waals surface area (Å²) in [4.78, 5) is 26.3. The molecule has 1 unspecified atom stereocenters. The average Bonchev–Trinajstić information content (AvgIpc) is 3.23. The van der Waals surface area contributed by atoms with E-state index in [9.17, 15) is 23.1 Å². The first-order chi connectivity index (χ1) is 16.9. The van der Waals surface area contributed by atoms with Crippen LogP contribution in [0.1, 0.15) is 55.5 Å². The van der Waals surface area contributed by atoms with Crippen LogP contribution < -0.4 is 0 Å². The standard InChI is InChI=1S/C24H36N2O3.C2HF3O2/c1-3-19-6-4-5-7-21(19)23(28)26-12-9-24(10-13-26)14-20(29-17-24)15-25-11-8-18(2)22(27)16-25;3-2(4,5)1(6)7/h4-7,18,20,22,27H,3,8-17H2,1-2H3;(H,6,7)/t18-,20?,22-;/m1./s1. The van der Waals surface area contributed by atoms with Crippen LogP contribution in [0.5, 0.6) is 0 Å². The number of ether oxygens (including phenoxy) is 1. The number of benzene rings is 1. The van der Waals surface area contributed by atoms with Crippen molar-refractivity contribution in [2.75, 3.05) is 39.3 Å². The second kappa shape index (κ2) is 11.9. The van der Waals surface area contributed by atoms with E-state index in [0.717, 1.165) is 82.6 Å². The number of aliphatic carboxylic acids is 1. The summed E-state index contributed by atoms with van der Waals surface area (Å²) in [5.41, 5.74) is 2.23. The van der Waals surface area contributed by atoms with Crippen molar-refractivity contribution in [2.45, 2.75) is 64.3 Å². The molecule has 2 N–H and O–H groups in total. The maximum atomic E-state index is 13.0. The Morgan fingerprint density at radius 1 is 1.17 bits per heavy atom. The van der Waals surface area contributed by atoms with E-state index < -0.39 is 12.1 Å². The largest absolute Gasteiger partial charge is 0.490 e. The predicted octanol–water partition coefficient (Wildman–Crippen LogP) is 3.60. The number of hydrogen-bond donors (Lipinski definition) is 2. The number of hydrogen-bond acceptors (Lipinski definition) is 5. The van der Waals surface area contributed by atoms with Crippen LogP contribution >= 0.6 is 0 Å². The van der Waals surface area contributed by atoms with Crippen LogP contribution in [-0.4, -0.2) is 89.6 Å². The fraction of sp³-hybridized carbons (Fsp3) is 0.692. The van der Waals surface area contributed by atoms with Gasteiger partial charge in [-0.15, -0.1) is 0 Å². The number of aliphatic hydroxyl groups excluding tert-OH is 1. The van der Waals surface area contributed by atoms with Gasteiger partial charge in [-0.25, -0.2) is 4.79 Å². The van der Waals surface area contributed by atoms with Gasteiger partial charge in [0.25, 0.3) is 5.91 Å². The van der Waals surface area contributed by atoms with Gasteiger partial charge in [-0.05, 0) is 61.6 Å². The summed E-state index contributed by atoms with van der Waals surface area (Å²) in [5.74, 6) is -2.17. The molecule has 202 valence electrons. The number of carboxylic acid groups (broad SMARTS) is 1. The normalized spacial score (nSPS) is 26.4. The second-order valence-electron chi connectivity index (χ2n) is 10.3. The number of carbonyl (C=O) groups is 2. The van der Waals surface area contributed by atoms with Gasteiger partial charge in [0.05, 0.1) is 18.8 Å². The van der Waals surface area contributed by atoms with Crippen molar-refractivity contribution in [3.8, 4) is 0 Å². The Bertz CT molecular complexity index is 902. The molecule has 0 aromatic heterocycles. The highest BCUT2D eigenvalue weighted by atomic mass is 19.4. The Kier molecular flexibility index (Phi) is 9.40. The van der Waals surface area contributed by atoms with E-state index in [2.05, 4.69) is 24.8 Å². The zero-order valence-corrected chi connectivity index (χ0v) is 21.0. The lowest BCUT2D eigenvalue weighted by molar-refractivity contribution is -0.192. The minimum Gasteiger partial charge on any atom is -0.475 e. The maximum absolute atomic E-state index is 13.0. The summed E-state index contributed by atoms with van der Waals surface area (Å²) >= 11 is 0. The molecule has 1 aromatic carbocycles. The molecule has 1 spiro atoms. The SMILES string of the molecule is CCc1ccccc1C(=O)N1CCC2(CC1)COC(CN1CC[C@@H](C)[C@H](O)C1)C2.O=C(O)C(F)(F)F. The van der Waals surface area contributed by atoms with Gasteiger partial charge in [0, 0.05) is 31.7 Å². The summed E-state index contributed by atoms with van der Waals surface area (Å²) < 4.78 is 37.9. The number of piperidine rings is 2. The van der Waals surface area contributed by atoms with Crippen LogP contribution in [0.4, 0.5) is 13.2 Å². The van der Waals surface area contributed by atoms with E-state index in [4.69, 9.17) is 14.6 Å². The lowest BCUT2D eigenvalue weighted by atomic mass is 9.76. The van der Waals surface area contributed by atoms with Crippen molar-refractivity contribution in [3.63, 3.8) is 0 Å². The van der Waals surface area contributed by atoms with Gasteiger partial charge >= 0.3 is 12.1 Å². The lowest BCUT2D eigenvalue weighted by Crippen LogP contribution is -2.46. The van der Waals surface area contributed by atoms with Crippen molar-refractivity contribution in [3.05, 3.63) is 35.4 Å². The molecule has 3 saturated heterocycles. The number of likely N-dealkylation sites (tertiary alicyclic amines) is 2. The Labute approximate surface area is 210 Å². The van der Waals surface area contributed by atoms with E-state index >= 15 is 0 Å². The van der Waals surface area contributed by atoms with Crippen LogP contribution in [0.2, 0.25) is 0 Å². The summed E-state index contributed by atoms with van der Waals surface area (Å²) in [6.45, 7) is 9.47. The molecule has 0 bridgehead atoms. The smallest absolute Gasteiger partial charge is 0.475 e. The van der Waals surface area contributed by atoms with Crippen LogP contribution in [0.3, 0.4) is 0 Å². The van der Waals surface area contributed by atoms with Crippen molar-refractivity contribution in [1.82, 2.24) is 9.80 Å². The summed E-state index contributed by atoms with van der Waals surface area (Å²) in [5, 5.41) is 17.3. The van der Waals surface area contributed by atoms with Crippen molar-refractivity contribution in [2.24, 2.45) is 11.3 Å². The molecule has 3 aliphatic rings. The van der Waals surface area contributed by atoms with Crippen LogP contribution in [0.25, 0.3) is 0 Å². The summed E-state index contributed by atoms with van der Waals surface area (Å²) in [6.07, 6.45) is 0.0712. The molecular weight excluding hydrogens is 477 g/mol. The number of amides is 1. The van der Waals surface area contributed by atoms with E-state index in [1.165, 1.54) is 0 Å². The highest BCUT2D eigenvalue weighted by Gasteiger charge is 2.44. The Morgan fingerprint density at radius 2 is 1.81 bits per heavy atom. The fourth-order valence-corrected chi connectivity index (χ4v) is 5.32. The van der Waals surface area contributed by atoms with E-state index in [1.807, 2.05) is 23.1 Å². The Hall–Kier alpha value is -2.17. The van der Waals surface area contributed by atoms with Crippen LogP contribution in [0, 0.1) is 11.3 Å². The lowest BCUT2D eigenvalue weighted by Gasteiger charge is -2.39. The molecule has 0 saturated carbocycles. The minimum atomic E-state index is -5.08. The monoisotopic (exact) mass is 514 g/mol. The number of carbonyl (C=O) groups excluding carboxylic acids is 1. The summed E-state index contributed by atoms with van der Waals surface area (Å²) in [7, 11) is 0. The second-order valence-corrected chi connectivity index (χ2v) is 10.3. The van der Waals surface area contributed by atoms with Gasteiger partial charge in [0.2, 0.25) is 0 Å². The molecular formula is C26H37F3N2O5. The Balaban J connectivity index is 0.000000454. The van der Waals surface area contributed by atoms with Gasteiger partial charge < -0.3 is 19.8 Å². The number of nitrogens with zero attached hydrogens (tertiary/aromatic N) is 2. The summed E-state index contributed by atoms with van der Waals surface area (Å²) in [6, 6.07) is 8.00. The van der Waals surface area contributed by atoms with Gasteiger partial charge in [-0.1, -0.05) is 32.0 Å². The quantitative estimate of drug-likeness (QED) is 0.638. The van der Waals surface area contributed by atoms with E-state index in [1.54, 1.807) is 0 Å². The molecule has 3 atom stereocenters. The topological polar surface area (TPSA) is 90.3 Å². The molecule has 1 aromatic rings. The fourth-order valence-electron chi connectivity index (χ4n) is 5.32. The number of rotatable bonds is 4. The van der Waals surface area contributed by atoms with E-state index in [0.29, 0.717) is 5.92 Å². The molecule has 10 heteroatoms. The third-order valence-electron chi connectivity index (χ3n) is 7.73. The first kappa shape index (κ1) is 28.4. The first-order valence-corrected chi connectivity index (χ1v) is 12.6. The zero-order chi connectivity index (χ0) is 26.5. The number of carboxylic acids is 1. The molecule has 3 heterocycles. The highest BCUT2D eigenvalue weighted by molar-refractivity contribution is 5.95. The Morgan fingerprint density at radius 3 is 2.39 bits per heavy atom. The van der Waals surface area contributed by atoms with Gasteiger partial charge in [-0.2, -0.15) is 13.2 Å². The van der Waals surface area contributed by atoms with Gasteiger partial charge in [-0.3, -0.25) is 9.69 Å². The number of alkyl halides is 3. The molecule has 0 radical (unpaired) electrons. The molecule has 36 heavy (non-hydrogen) atoms. The van der Waals surface area contributed by atoms with Crippen LogP contribution in [0.15, 0.2) is 24.3 Å². The molecule has 4 rings (SSSR count). The molecule has 3 aliphatic heterocycles. The number of aryl methyl sites for hydroxylation is 1. The average molecular weight is 515 g/mol. The highest BCUT2D eigenvalue weighted by Crippen LogP contribution is 2.42. The predicted molar refractivity (Wildman–Crippen MR) is 128 cm³/mol. The third-order valence-corrected chi connectivity index (χ3v) is 7.73. The van der Waals surface area contributed by atoms with Crippen molar-refractivity contribution in [1.29, 1.82) is 0 Å². The van der Waals surface area contributed by atoms with E-state index in [-0.39, 0.29) is 23.5 Å². The van der Waals surface area contributed by atoms with Crippen molar-refractivity contribution < 1.29 is 37.7 Å². The van der Waals surface area contributed by atoms with Crippen LogP contribution in [-0.2, 0) is 16.0 Å².